The Labute approximate surface area is 170 Å². The molecule has 10 heteroatoms. The summed E-state index contributed by atoms with van der Waals surface area (Å²) in [6.45, 7) is 4.16. The lowest BCUT2D eigenvalue weighted by atomic mass is 10.1. The van der Waals surface area contributed by atoms with Crippen LogP contribution in [-0.2, 0) is 19.1 Å². The van der Waals surface area contributed by atoms with Gasteiger partial charge in [0.1, 0.15) is 11.6 Å². The second kappa shape index (κ2) is 8.64. The zero-order valence-electron chi connectivity index (χ0n) is 15.9. The van der Waals surface area contributed by atoms with Crippen molar-refractivity contribution in [2.45, 2.75) is 29.5 Å². The molecule has 1 aromatic carbocycles. The quantitative estimate of drug-likeness (QED) is 0.424. The van der Waals surface area contributed by atoms with Gasteiger partial charge < -0.3 is 9.47 Å². The predicted molar refractivity (Wildman–Crippen MR) is 105 cm³/mol. The van der Waals surface area contributed by atoms with E-state index in [1.54, 1.807) is 24.7 Å². The van der Waals surface area contributed by atoms with Crippen LogP contribution in [0.25, 0.3) is 0 Å². The van der Waals surface area contributed by atoms with Crippen LogP contribution in [0, 0.1) is 0 Å². The van der Waals surface area contributed by atoms with Crippen molar-refractivity contribution in [3.8, 4) is 0 Å². The van der Waals surface area contributed by atoms with Crippen molar-refractivity contribution in [2.75, 3.05) is 19.0 Å². The number of anilines is 1. The molecular weight excluding hydrogens is 401 g/mol. The highest BCUT2D eigenvalue weighted by molar-refractivity contribution is 7.99. The number of alkyl halides is 3. The van der Waals surface area contributed by atoms with Gasteiger partial charge in [-0.2, -0.15) is 13.2 Å². The first-order valence-corrected chi connectivity index (χ1v) is 9.48. The van der Waals surface area contributed by atoms with Gasteiger partial charge in [-0.25, -0.2) is 9.97 Å². The zero-order chi connectivity index (χ0) is 21.0. The molecule has 29 heavy (non-hydrogen) atoms. The lowest BCUT2D eigenvalue weighted by Crippen LogP contribution is -2.16. The van der Waals surface area contributed by atoms with Crippen LogP contribution in [0.5, 0.6) is 0 Å². The molecule has 6 nitrogen and oxygen atoms in total. The van der Waals surface area contributed by atoms with Crippen molar-refractivity contribution in [1.82, 2.24) is 24.7 Å². The van der Waals surface area contributed by atoms with Gasteiger partial charge in [-0.3, -0.25) is 0 Å². The van der Waals surface area contributed by atoms with Crippen molar-refractivity contribution < 1.29 is 13.2 Å². The largest absolute Gasteiger partial charge is 0.433 e. The molecule has 152 valence electrons. The van der Waals surface area contributed by atoms with Crippen molar-refractivity contribution in [2.24, 2.45) is 0 Å². The summed E-state index contributed by atoms with van der Waals surface area (Å²) >= 11 is 0.940. The molecule has 2 aromatic heterocycles. The molecule has 0 spiro atoms. The fourth-order valence-corrected chi connectivity index (χ4v) is 3.35. The van der Waals surface area contributed by atoms with Gasteiger partial charge in [-0.1, -0.05) is 36.4 Å². The van der Waals surface area contributed by atoms with Crippen LogP contribution < -0.4 is 4.90 Å². The molecule has 0 saturated heterocycles. The summed E-state index contributed by atoms with van der Waals surface area (Å²) in [5.41, 5.74) is 0.0463. The molecule has 0 bridgehead atoms. The molecule has 2 heterocycles. The van der Waals surface area contributed by atoms with E-state index >= 15 is 0 Å². The summed E-state index contributed by atoms with van der Waals surface area (Å²) < 4.78 is 41.5. The summed E-state index contributed by atoms with van der Waals surface area (Å²) in [7, 11) is 3.24. The standard InChI is InChI=1S/C19H19F3N6S/c1-4-10-28-16(11-13-8-6-5-7-9-13)25-26-18(28)29-17-23-14(19(20,21)22)12-15(24-17)27(2)3/h4-9,12H,1,10-11H2,2-3H3. The van der Waals surface area contributed by atoms with E-state index in [2.05, 4.69) is 26.7 Å². The number of rotatable bonds is 7. The van der Waals surface area contributed by atoms with Gasteiger partial charge in [-0.05, 0) is 17.3 Å². The number of nitrogens with zero attached hydrogens (tertiary/aromatic N) is 6. The van der Waals surface area contributed by atoms with Crippen molar-refractivity contribution in [3.05, 3.63) is 66.1 Å². The van der Waals surface area contributed by atoms with Crippen LogP contribution in [0.2, 0.25) is 0 Å². The summed E-state index contributed by atoms with van der Waals surface area (Å²) in [5.74, 6) is 0.840. The molecule has 0 unspecified atom stereocenters. The van der Waals surface area contributed by atoms with Crippen LogP contribution in [-0.4, -0.2) is 38.8 Å². The van der Waals surface area contributed by atoms with Crippen LogP contribution in [0.15, 0.2) is 59.4 Å². The molecule has 3 aromatic rings. The molecule has 0 fully saturated rings. The number of halogens is 3. The highest BCUT2D eigenvalue weighted by Gasteiger charge is 2.34. The minimum Gasteiger partial charge on any atom is -0.363 e. The second-order valence-electron chi connectivity index (χ2n) is 6.35. The van der Waals surface area contributed by atoms with E-state index in [0.717, 1.165) is 23.4 Å². The van der Waals surface area contributed by atoms with E-state index < -0.39 is 11.9 Å². The Morgan fingerprint density at radius 2 is 1.86 bits per heavy atom. The zero-order valence-corrected chi connectivity index (χ0v) is 16.7. The third kappa shape index (κ3) is 5.14. The Balaban J connectivity index is 1.95. The summed E-state index contributed by atoms with van der Waals surface area (Å²) in [4.78, 5) is 9.37. The molecule has 3 rings (SSSR count). The summed E-state index contributed by atoms with van der Waals surface area (Å²) in [5, 5.41) is 8.71. The maximum Gasteiger partial charge on any atom is 0.433 e. The normalized spacial score (nSPS) is 11.5. The van der Waals surface area contributed by atoms with E-state index in [1.807, 2.05) is 30.3 Å². The van der Waals surface area contributed by atoms with Crippen LogP contribution in [0.4, 0.5) is 19.0 Å². The van der Waals surface area contributed by atoms with E-state index in [-0.39, 0.29) is 11.0 Å². The fourth-order valence-electron chi connectivity index (χ4n) is 2.53. The smallest absolute Gasteiger partial charge is 0.363 e. The van der Waals surface area contributed by atoms with Crippen molar-refractivity contribution in [1.29, 1.82) is 0 Å². The van der Waals surface area contributed by atoms with E-state index in [9.17, 15) is 13.2 Å². The van der Waals surface area contributed by atoms with Crippen LogP contribution >= 0.6 is 11.8 Å². The number of hydrogen-bond acceptors (Lipinski definition) is 6. The fraction of sp³-hybridized carbons (Fsp3) is 0.263. The Morgan fingerprint density at radius 3 is 2.48 bits per heavy atom. The predicted octanol–water partition coefficient (Wildman–Crippen LogP) is 4.08. The Morgan fingerprint density at radius 1 is 1.14 bits per heavy atom. The molecule has 0 aliphatic carbocycles. The van der Waals surface area contributed by atoms with Crippen molar-refractivity contribution in [3.63, 3.8) is 0 Å². The summed E-state index contributed by atoms with van der Waals surface area (Å²) in [6, 6.07) is 10.6. The molecule has 0 N–H and O–H groups in total. The molecule has 0 atom stereocenters. The first-order valence-electron chi connectivity index (χ1n) is 8.66. The van der Waals surface area contributed by atoms with E-state index in [4.69, 9.17) is 0 Å². The molecule has 0 saturated carbocycles. The highest BCUT2D eigenvalue weighted by atomic mass is 32.2. The highest BCUT2D eigenvalue weighted by Crippen LogP contribution is 2.33. The molecular formula is C19H19F3N6S. The molecule has 0 aliphatic rings. The molecule has 0 radical (unpaired) electrons. The number of benzene rings is 1. The average Bonchev–Trinajstić information content (AvgIpc) is 3.03. The maximum absolute atomic E-state index is 13.2. The van der Waals surface area contributed by atoms with Gasteiger partial charge in [0.05, 0.1) is 0 Å². The van der Waals surface area contributed by atoms with Crippen molar-refractivity contribution >= 4 is 17.6 Å². The average molecular weight is 420 g/mol. The van der Waals surface area contributed by atoms with E-state index in [0.29, 0.717) is 23.9 Å². The van der Waals surface area contributed by atoms with Gasteiger partial charge in [0.15, 0.2) is 16.0 Å². The minimum absolute atomic E-state index is 0.0486. The SMILES string of the molecule is C=CCn1c(Cc2ccccc2)nnc1Sc1nc(N(C)C)cc(C(F)(F)F)n1. The third-order valence-corrected chi connectivity index (χ3v) is 4.78. The Kier molecular flexibility index (Phi) is 6.21. The second-order valence-corrected chi connectivity index (χ2v) is 7.28. The van der Waals surface area contributed by atoms with Gasteiger partial charge in [0.25, 0.3) is 0 Å². The topological polar surface area (TPSA) is 59.7 Å². The molecule has 0 amide bonds. The Hall–Kier alpha value is -2.88. The molecule has 0 aliphatic heterocycles. The van der Waals surface area contributed by atoms with Crippen LogP contribution in [0.1, 0.15) is 17.1 Å². The first-order chi connectivity index (χ1) is 13.8. The van der Waals surface area contributed by atoms with Gasteiger partial charge in [0, 0.05) is 33.1 Å². The van der Waals surface area contributed by atoms with Gasteiger partial charge in [0.2, 0.25) is 0 Å². The third-order valence-electron chi connectivity index (χ3n) is 3.93. The number of hydrogen-bond donors (Lipinski definition) is 0. The van der Waals surface area contributed by atoms with Gasteiger partial charge in [-0.15, -0.1) is 16.8 Å². The maximum atomic E-state index is 13.2. The number of allylic oxidation sites excluding steroid dienone is 1. The van der Waals surface area contributed by atoms with E-state index in [1.165, 1.54) is 4.90 Å². The lowest BCUT2D eigenvalue weighted by molar-refractivity contribution is -0.141. The minimum atomic E-state index is -4.57. The monoisotopic (exact) mass is 420 g/mol. The van der Waals surface area contributed by atoms with Gasteiger partial charge >= 0.3 is 6.18 Å². The first kappa shape index (κ1) is 20.8. The Bertz CT molecular complexity index is 985. The lowest BCUT2D eigenvalue weighted by Gasteiger charge is -2.15. The summed E-state index contributed by atoms with van der Waals surface area (Å²) in [6.07, 6.45) is -2.36. The number of aromatic nitrogens is 5. The van der Waals surface area contributed by atoms with Crippen LogP contribution in [0.3, 0.4) is 0 Å².